The van der Waals surface area contributed by atoms with Gasteiger partial charge in [0.15, 0.2) is 0 Å². The molecule has 2 amide bonds. The number of fused-ring (bicyclic) bond motifs is 3. The van der Waals surface area contributed by atoms with Gasteiger partial charge in [-0.1, -0.05) is 48.0 Å². The number of halogens is 1. The molecule has 3 aliphatic rings. The average Bonchev–Trinajstić information content (AvgIpc) is 3.31. The Morgan fingerprint density at radius 3 is 2.33 bits per heavy atom. The lowest BCUT2D eigenvalue weighted by Crippen LogP contribution is -2.44. The standard InChI is InChI=1S/C21H20ClN3O2/c1-13-8-9-15(12-16(13)22)25-20(26)17-18(14-6-3-2-4-7-14)23-10-5-11-24(23)19(17)21(25)27/h2-4,6-9,12,17-19H,5,10-11H2,1H3/t17-,18+,19+/m1/s1. The molecule has 27 heavy (non-hydrogen) atoms. The van der Waals surface area contributed by atoms with Gasteiger partial charge in [-0.15, -0.1) is 0 Å². The van der Waals surface area contributed by atoms with Crippen molar-refractivity contribution >= 4 is 29.1 Å². The smallest absolute Gasteiger partial charge is 0.253 e. The molecule has 0 unspecified atom stereocenters. The van der Waals surface area contributed by atoms with Gasteiger partial charge < -0.3 is 0 Å². The number of hydrogen-bond donors (Lipinski definition) is 0. The summed E-state index contributed by atoms with van der Waals surface area (Å²) < 4.78 is 0. The Balaban J connectivity index is 1.59. The van der Waals surface area contributed by atoms with Gasteiger partial charge in [-0.3, -0.25) is 9.59 Å². The first-order valence-corrected chi connectivity index (χ1v) is 9.68. The van der Waals surface area contributed by atoms with E-state index in [4.69, 9.17) is 11.6 Å². The van der Waals surface area contributed by atoms with Gasteiger partial charge in [-0.25, -0.2) is 14.9 Å². The zero-order valence-corrected chi connectivity index (χ0v) is 15.8. The Labute approximate surface area is 163 Å². The van der Waals surface area contributed by atoms with Gasteiger partial charge >= 0.3 is 0 Å². The highest BCUT2D eigenvalue weighted by Crippen LogP contribution is 2.49. The van der Waals surface area contributed by atoms with Crippen molar-refractivity contribution in [1.29, 1.82) is 0 Å². The van der Waals surface area contributed by atoms with Crippen LogP contribution in [0.15, 0.2) is 48.5 Å². The number of carbonyl (C=O) groups excluding carboxylic acids is 2. The highest BCUT2D eigenvalue weighted by molar-refractivity contribution is 6.32. The molecule has 3 atom stereocenters. The van der Waals surface area contributed by atoms with Crippen molar-refractivity contribution in [2.24, 2.45) is 5.92 Å². The zero-order valence-electron chi connectivity index (χ0n) is 15.0. The summed E-state index contributed by atoms with van der Waals surface area (Å²) in [6.07, 6.45) is 1.00. The quantitative estimate of drug-likeness (QED) is 0.749. The third-order valence-corrected chi connectivity index (χ3v) is 6.37. The molecule has 5 nitrogen and oxygen atoms in total. The van der Waals surface area contributed by atoms with E-state index < -0.39 is 6.04 Å². The summed E-state index contributed by atoms with van der Waals surface area (Å²) in [5.74, 6) is -0.663. The molecule has 3 heterocycles. The van der Waals surface area contributed by atoms with Crippen LogP contribution in [0.3, 0.4) is 0 Å². The van der Waals surface area contributed by atoms with Crippen LogP contribution in [0.1, 0.15) is 23.6 Å². The van der Waals surface area contributed by atoms with Gasteiger partial charge in [0, 0.05) is 18.1 Å². The van der Waals surface area contributed by atoms with Crippen LogP contribution in [0.4, 0.5) is 5.69 Å². The van der Waals surface area contributed by atoms with Gasteiger partial charge in [0.25, 0.3) is 5.91 Å². The fraction of sp³-hybridized carbons (Fsp3) is 0.333. The molecule has 3 fully saturated rings. The lowest BCUT2D eigenvalue weighted by Gasteiger charge is -2.29. The second kappa shape index (κ2) is 6.16. The van der Waals surface area contributed by atoms with Crippen molar-refractivity contribution in [3.05, 3.63) is 64.7 Å². The fourth-order valence-electron chi connectivity index (χ4n) is 4.74. The second-order valence-electron chi connectivity index (χ2n) is 7.45. The molecule has 0 aromatic heterocycles. The van der Waals surface area contributed by atoms with E-state index in [0.717, 1.165) is 30.6 Å². The number of aryl methyl sites for hydroxylation is 1. The molecule has 0 aliphatic carbocycles. The molecule has 0 bridgehead atoms. The molecule has 0 N–H and O–H groups in total. The van der Waals surface area contributed by atoms with Gasteiger partial charge in [-0.05, 0) is 36.6 Å². The van der Waals surface area contributed by atoms with Crippen LogP contribution >= 0.6 is 11.6 Å². The molecule has 138 valence electrons. The van der Waals surface area contributed by atoms with Crippen molar-refractivity contribution < 1.29 is 9.59 Å². The minimum atomic E-state index is -0.426. The lowest BCUT2D eigenvalue weighted by molar-refractivity contribution is -0.126. The van der Waals surface area contributed by atoms with Crippen LogP contribution in [0.25, 0.3) is 0 Å². The maximum Gasteiger partial charge on any atom is 0.253 e. The summed E-state index contributed by atoms with van der Waals surface area (Å²) in [6, 6.07) is 14.9. The van der Waals surface area contributed by atoms with Crippen molar-refractivity contribution in [3.63, 3.8) is 0 Å². The zero-order chi connectivity index (χ0) is 18.7. The SMILES string of the molecule is Cc1ccc(N2C(=O)[C@H]3[C@@H](C2=O)N2CCCN2[C@H]3c2ccccc2)cc1Cl. The molecule has 2 aromatic carbocycles. The molecule has 0 spiro atoms. The first-order valence-electron chi connectivity index (χ1n) is 9.30. The number of amides is 2. The predicted octanol–water partition coefficient (Wildman–Crippen LogP) is 3.18. The summed E-state index contributed by atoms with van der Waals surface area (Å²) in [6.45, 7) is 3.59. The van der Waals surface area contributed by atoms with E-state index in [0.29, 0.717) is 10.7 Å². The van der Waals surface area contributed by atoms with E-state index >= 15 is 0 Å². The highest BCUT2D eigenvalue weighted by atomic mass is 35.5. The summed E-state index contributed by atoms with van der Waals surface area (Å²) in [4.78, 5) is 28.1. The molecule has 3 saturated heterocycles. The van der Waals surface area contributed by atoms with E-state index in [-0.39, 0.29) is 23.8 Å². The molecular formula is C21H20ClN3O2. The number of hydrogen-bond acceptors (Lipinski definition) is 4. The minimum Gasteiger partial charge on any atom is -0.274 e. The maximum atomic E-state index is 13.4. The highest BCUT2D eigenvalue weighted by Gasteiger charge is 2.62. The third kappa shape index (κ3) is 2.39. The van der Waals surface area contributed by atoms with E-state index in [1.807, 2.05) is 43.3 Å². The normalized spacial score (nSPS) is 28.1. The first kappa shape index (κ1) is 16.9. The third-order valence-electron chi connectivity index (χ3n) is 5.96. The molecule has 6 heteroatoms. The molecule has 0 radical (unpaired) electrons. The average molecular weight is 382 g/mol. The fourth-order valence-corrected chi connectivity index (χ4v) is 4.91. The predicted molar refractivity (Wildman–Crippen MR) is 103 cm³/mol. The summed E-state index contributed by atoms with van der Waals surface area (Å²) in [7, 11) is 0. The van der Waals surface area contributed by atoms with Crippen molar-refractivity contribution in [3.8, 4) is 0 Å². The van der Waals surface area contributed by atoms with E-state index in [1.165, 1.54) is 4.90 Å². The number of benzene rings is 2. The topological polar surface area (TPSA) is 43.9 Å². The maximum absolute atomic E-state index is 13.4. The molecule has 0 saturated carbocycles. The van der Waals surface area contributed by atoms with Crippen molar-refractivity contribution in [1.82, 2.24) is 10.0 Å². The summed E-state index contributed by atoms with van der Waals surface area (Å²) in [5, 5.41) is 4.89. The molecule has 3 aliphatic heterocycles. The first-order chi connectivity index (χ1) is 13.1. The van der Waals surface area contributed by atoms with E-state index in [2.05, 4.69) is 10.0 Å². The van der Waals surface area contributed by atoms with Crippen molar-refractivity contribution in [2.45, 2.75) is 25.4 Å². The van der Waals surface area contributed by atoms with Crippen LogP contribution in [0, 0.1) is 12.8 Å². The van der Waals surface area contributed by atoms with Gasteiger partial charge in [-0.2, -0.15) is 0 Å². The molecule has 2 aromatic rings. The monoisotopic (exact) mass is 381 g/mol. The van der Waals surface area contributed by atoms with Crippen LogP contribution in [-0.2, 0) is 9.59 Å². The van der Waals surface area contributed by atoms with Crippen molar-refractivity contribution in [2.75, 3.05) is 18.0 Å². The largest absolute Gasteiger partial charge is 0.274 e. The number of nitrogens with zero attached hydrogens (tertiary/aromatic N) is 3. The summed E-state index contributed by atoms with van der Waals surface area (Å²) >= 11 is 6.25. The number of carbonyl (C=O) groups is 2. The lowest BCUT2D eigenvalue weighted by atomic mass is 9.90. The van der Waals surface area contributed by atoms with E-state index in [1.54, 1.807) is 12.1 Å². The Morgan fingerprint density at radius 1 is 0.926 bits per heavy atom. The number of hydrazine groups is 1. The number of anilines is 1. The van der Waals surface area contributed by atoms with Crippen LogP contribution in [0.5, 0.6) is 0 Å². The van der Waals surface area contributed by atoms with Gasteiger partial charge in [0.05, 0.1) is 17.6 Å². The minimum absolute atomic E-state index is 0.0962. The Kier molecular flexibility index (Phi) is 3.86. The molecule has 5 rings (SSSR count). The Hall–Kier alpha value is -2.21. The number of rotatable bonds is 2. The summed E-state index contributed by atoms with van der Waals surface area (Å²) in [5.41, 5.74) is 2.57. The van der Waals surface area contributed by atoms with E-state index in [9.17, 15) is 9.59 Å². The van der Waals surface area contributed by atoms with Crippen LogP contribution < -0.4 is 4.90 Å². The van der Waals surface area contributed by atoms with Crippen LogP contribution in [-0.4, -0.2) is 41.0 Å². The second-order valence-corrected chi connectivity index (χ2v) is 7.86. The Morgan fingerprint density at radius 2 is 1.63 bits per heavy atom. The van der Waals surface area contributed by atoms with Gasteiger partial charge in [0.1, 0.15) is 6.04 Å². The Bertz CT molecular complexity index is 932. The molecular weight excluding hydrogens is 362 g/mol. The van der Waals surface area contributed by atoms with Gasteiger partial charge in [0.2, 0.25) is 5.91 Å². The van der Waals surface area contributed by atoms with Crippen LogP contribution in [0.2, 0.25) is 5.02 Å². The number of imide groups is 1.